The minimum absolute atomic E-state index is 0.588. The first-order valence-corrected chi connectivity index (χ1v) is 7.10. The average Bonchev–Trinajstić information content (AvgIpc) is 3.03. The Morgan fingerprint density at radius 3 is 2.36 bits per heavy atom. The number of allylic oxidation sites excluding steroid dienone is 1. The molecule has 0 aliphatic rings. The van der Waals surface area contributed by atoms with Gasteiger partial charge in [0.2, 0.25) is 0 Å². The van der Waals surface area contributed by atoms with Gasteiger partial charge in [-0.25, -0.2) is 0 Å². The van der Waals surface area contributed by atoms with Crippen molar-refractivity contribution in [1.82, 2.24) is 0 Å². The summed E-state index contributed by atoms with van der Waals surface area (Å²) < 4.78 is 5.84. The molecule has 2 heteroatoms. The Morgan fingerprint density at radius 1 is 0.955 bits per heavy atom. The summed E-state index contributed by atoms with van der Waals surface area (Å²) in [7, 11) is 0. The summed E-state index contributed by atoms with van der Waals surface area (Å²) in [5, 5.41) is 9.34. The highest BCUT2D eigenvalue weighted by atomic mass is 16.3. The molecule has 0 unspecified atom stereocenters. The van der Waals surface area contributed by atoms with Crippen LogP contribution in [0.25, 0.3) is 23.0 Å². The topological polar surface area (TPSA) is 36.9 Å². The van der Waals surface area contributed by atoms with E-state index < -0.39 is 0 Å². The second kappa shape index (κ2) is 6.15. The van der Waals surface area contributed by atoms with Crippen molar-refractivity contribution in [3.8, 4) is 17.4 Å². The fourth-order valence-corrected chi connectivity index (χ4v) is 2.24. The molecule has 1 heterocycles. The van der Waals surface area contributed by atoms with Gasteiger partial charge in [-0.15, -0.1) is 0 Å². The van der Waals surface area contributed by atoms with Gasteiger partial charge in [-0.3, -0.25) is 0 Å². The second-order valence-electron chi connectivity index (χ2n) is 5.10. The Bertz CT molecular complexity index is 833. The first kappa shape index (κ1) is 13.9. The van der Waals surface area contributed by atoms with Gasteiger partial charge in [0, 0.05) is 5.56 Å². The summed E-state index contributed by atoms with van der Waals surface area (Å²) in [5.74, 6) is 1.48. The zero-order valence-electron chi connectivity index (χ0n) is 12.3. The molecule has 22 heavy (non-hydrogen) atoms. The Kier molecular flexibility index (Phi) is 3.89. The standard InChI is InChI=1S/C20H15NO/c1-15-7-9-17(10-8-15)20-12-11-19(22-20)13-18(14-21)16-5-3-2-4-6-16/h2-13H,1H3/b18-13+. The number of hydrogen-bond donors (Lipinski definition) is 0. The van der Waals surface area contributed by atoms with Gasteiger partial charge in [-0.05, 0) is 30.7 Å². The van der Waals surface area contributed by atoms with E-state index in [-0.39, 0.29) is 0 Å². The number of benzene rings is 2. The Balaban J connectivity index is 1.92. The molecule has 0 bridgehead atoms. The lowest BCUT2D eigenvalue weighted by Gasteiger charge is -1.98. The molecule has 0 atom stereocenters. The molecule has 0 N–H and O–H groups in total. The van der Waals surface area contributed by atoms with Crippen LogP contribution in [0.2, 0.25) is 0 Å². The van der Waals surface area contributed by atoms with Crippen LogP contribution in [0.5, 0.6) is 0 Å². The van der Waals surface area contributed by atoms with E-state index >= 15 is 0 Å². The van der Waals surface area contributed by atoms with Crippen LogP contribution in [0.15, 0.2) is 71.1 Å². The maximum absolute atomic E-state index is 9.34. The molecule has 0 saturated heterocycles. The fraction of sp³-hybridized carbons (Fsp3) is 0.0500. The highest BCUT2D eigenvalue weighted by Gasteiger charge is 2.05. The summed E-state index contributed by atoms with van der Waals surface area (Å²) in [5.41, 5.74) is 3.72. The molecule has 0 fully saturated rings. The van der Waals surface area contributed by atoms with E-state index in [9.17, 15) is 5.26 Å². The Hall–Kier alpha value is -3.05. The summed E-state index contributed by atoms with van der Waals surface area (Å²) in [6.45, 7) is 2.05. The van der Waals surface area contributed by atoms with Crippen molar-refractivity contribution in [2.75, 3.05) is 0 Å². The first-order chi connectivity index (χ1) is 10.8. The Labute approximate surface area is 130 Å². The molecule has 2 nitrogen and oxygen atoms in total. The van der Waals surface area contributed by atoms with Gasteiger partial charge in [0.25, 0.3) is 0 Å². The first-order valence-electron chi connectivity index (χ1n) is 7.10. The number of rotatable bonds is 3. The zero-order chi connectivity index (χ0) is 15.4. The number of furan rings is 1. The van der Waals surface area contributed by atoms with Gasteiger partial charge >= 0.3 is 0 Å². The van der Waals surface area contributed by atoms with Crippen LogP contribution in [0.1, 0.15) is 16.9 Å². The van der Waals surface area contributed by atoms with Gasteiger partial charge in [0.05, 0.1) is 11.6 Å². The largest absolute Gasteiger partial charge is 0.457 e. The molecule has 1 aromatic heterocycles. The molecular formula is C20H15NO. The monoisotopic (exact) mass is 285 g/mol. The molecule has 0 aliphatic heterocycles. The van der Waals surface area contributed by atoms with E-state index in [4.69, 9.17) is 4.42 Å². The quantitative estimate of drug-likeness (QED) is 0.611. The SMILES string of the molecule is Cc1ccc(-c2ccc(/C=C(\C#N)c3ccccc3)o2)cc1. The minimum atomic E-state index is 0.588. The molecule has 106 valence electrons. The molecule has 0 amide bonds. The van der Waals surface area contributed by atoms with Crippen LogP contribution in [-0.2, 0) is 0 Å². The third-order valence-corrected chi connectivity index (χ3v) is 3.45. The highest BCUT2D eigenvalue weighted by molar-refractivity contribution is 5.88. The summed E-state index contributed by atoms with van der Waals surface area (Å²) in [4.78, 5) is 0. The number of aryl methyl sites for hydroxylation is 1. The van der Waals surface area contributed by atoms with Crippen LogP contribution < -0.4 is 0 Å². The second-order valence-corrected chi connectivity index (χ2v) is 5.10. The van der Waals surface area contributed by atoms with Gasteiger partial charge in [0.15, 0.2) is 0 Å². The highest BCUT2D eigenvalue weighted by Crippen LogP contribution is 2.25. The van der Waals surface area contributed by atoms with Crippen molar-refractivity contribution >= 4 is 11.6 Å². The van der Waals surface area contributed by atoms with Crippen LogP contribution in [0, 0.1) is 18.3 Å². The van der Waals surface area contributed by atoms with Gasteiger partial charge in [-0.2, -0.15) is 5.26 Å². The maximum Gasteiger partial charge on any atom is 0.134 e. The lowest BCUT2D eigenvalue weighted by molar-refractivity contribution is 0.572. The smallest absolute Gasteiger partial charge is 0.134 e. The van der Waals surface area contributed by atoms with Gasteiger partial charge < -0.3 is 4.42 Å². The molecule has 2 aromatic carbocycles. The average molecular weight is 285 g/mol. The predicted octanol–water partition coefficient (Wildman–Crippen LogP) is 5.32. The van der Waals surface area contributed by atoms with E-state index in [0.29, 0.717) is 11.3 Å². The van der Waals surface area contributed by atoms with Crippen molar-refractivity contribution in [3.05, 3.63) is 83.6 Å². The van der Waals surface area contributed by atoms with Crippen LogP contribution >= 0.6 is 0 Å². The summed E-state index contributed by atoms with van der Waals surface area (Å²) in [6, 6.07) is 23.8. The molecule has 0 aliphatic carbocycles. The number of nitriles is 1. The van der Waals surface area contributed by atoms with Crippen LogP contribution in [0.4, 0.5) is 0 Å². The summed E-state index contributed by atoms with van der Waals surface area (Å²) in [6.07, 6.45) is 1.77. The Morgan fingerprint density at radius 2 is 1.68 bits per heavy atom. The molecule has 3 aromatic rings. The zero-order valence-corrected chi connectivity index (χ0v) is 12.3. The van der Waals surface area contributed by atoms with Gasteiger partial charge in [-0.1, -0.05) is 60.2 Å². The lowest BCUT2D eigenvalue weighted by atomic mass is 10.1. The molecule has 3 rings (SSSR count). The van der Waals surface area contributed by atoms with E-state index in [2.05, 4.69) is 25.1 Å². The van der Waals surface area contributed by atoms with E-state index in [0.717, 1.165) is 16.9 Å². The van der Waals surface area contributed by atoms with E-state index in [1.54, 1.807) is 6.08 Å². The van der Waals surface area contributed by atoms with Crippen molar-refractivity contribution in [3.63, 3.8) is 0 Å². The molecule has 0 spiro atoms. The third-order valence-electron chi connectivity index (χ3n) is 3.45. The van der Waals surface area contributed by atoms with Crippen molar-refractivity contribution < 1.29 is 4.42 Å². The van der Waals surface area contributed by atoms with Crippen LogP contribution in [-0.4, -0.2) is 0 Å². The van der Waals surface area contributed by atoms with Crippen molar-refractivity contribution in [2.45, 2.75) is 6.92 Å². The number of nitrogens with zero attached hydrogens (tertiary/aromatic N) is 1. The minimum Gasteiger partial charge on any atom is -0.457 e. The fourth-order valence-electron chi connectivity index (χ4n) is 2.24. The molecule has 0 saturated carbocycles. The maximum atomic E-state index is 9.34. The molecular weight excluding hydrogens is 270 g/mol. The predicted molar refractivity (Wildman–Crippen MR) is 88.8 cm³/mol. The van der Waals surface area contributed by atoms with Crippen LogP contribution in [0.3, 0.4) is 0 Å². The number of hydrogen-bond acceptors (Lipinski definition) is 2. The van der Waals surface area contributed by atoms with Crippen molar-refractivity contribution in [2.24, 2.45) is 0 Å². The normalized spacial score (nSPS) is 11.2. The van der Waals surface area contributed by atoms with E-state index in [1.807, 2.05) is 54.6 Å². The summed E-state index contributed by atoms with van der Waals surface area (Å²) >= 11 is 0. The lowest BCUT2D eigenvalue weighted by Crippen LogP contribution is -1.79. The van der Waals surface area contributed by atoms with Gasteiger partial charge in [0.1, 0.15) is 11.5 Å². The molecule has 0 radical (unpaired) electrons. The van der Waals surface area contributed by atoms with E-state index in [1.165, 1.54) is 5.56 Å². The van der Waals surface area contributed by atoms with Crippen molar-refractivity contribution in [1.29, 1.82) is 5.26 Å². The third kappa shape index (κ3) is 2.99.